The summed E-state index contributed by atoms with van der Waals surface area (Å²) in [5.74, 6) is 2.45. The molecule has 0 aliphatic heterocycles. The summed E-state index contributed by atoms with van der Waals surface area (Å²) in [4.78, 5) is 6.65. The second kappa shape index (κ2) is 7.80. The molecule has 0 fully saturated rings. The minimum absolute atomic E-state index is 0.536. The predicted molar refractivity (Wildman–Crippen MR) is 77.6 cm³/mol. The van der Waals surface area contributed by atoms with Crippen LogP contribution >= 0.6 is 23.4 Å². The van der Waals surface area contributed by atoms with E-state index in [0.29, 0.717) is 10.8 Å². The summed E-state index contributed by atoms with van der Waals surface area (Å²) in [6.45, 7) is 7.69. The number of rotatable bonds is 7. The highest BCUT2D eigenvalue weighted by molar-refractivity contribution is 7.98. The first-order valence-electron chi connectivity index (χ1n) is 5.88. The van der Waals surface area contributed by atoms with E-state index in [1.807, 2.05) is 17.8 Å². The van der Waals surface area contributed by atoms with Gasteiger partial charge in [-0.1, -0.05) is 25.4 Å². The molecule has 0 spiro atoms. The monoisotopic (exact) mass is 273 g/mol. The lowest BCUT2D eigenvalue weighted by atomic mass is 10.4. The quantitative estimate of drug-likeness (QED) is 0.776. The molecule has 2 N–H and O–H groups in total. The summed E-state index contributed by atoms with van der Waals surface area (Å²) >= 11 is 7.89. The lowest BCUT2D eigenvalue weighted by Crippen LogP contribution is -2.25. The Morgan fingerprint density at radius 1 is 1.35 bits per heavy atom. The molecule has 5 heteroatoms. The van der Waals surface area contributed by atoms with Gasteiger partial charge >= 0.3 is 0 Å². The zero-order valence-electron chi connectivity index (χ0n) is 10.4. The highest BCUT2D eigenvalue weighted by Gasteiger charge is 2.04. The Morgan fingerprint density at radius 2 is 2.06 bits per heavy atom. The van der Waals surface area contributed by atoms with Crippen molar-refractivity contribution in [2.45, 2.75) is 19.6 Å². The van der Waals surface area contributed by atoms with Crippen LogP contribution in [0, 0.1) is 0 Å². The molecule has 1 aromatic heterocycles. The van der Waals surface area contributed by atoms with Gasteiger partial charge in [0.15, 0.2) is 0 Å². The molecule has 0 saturated heterocycles. The van der Waals surface area contributed by atoms with Crippen LogP contribution in [0.25, 0.3) is 0 Å². The smallest absolute Gasteiger partial charge is 0.123 e. The van der Waals surface area contributed by atoms with Gasteiger partial charge in [0.05, 0.1) is 10.7 Å². The van der Waals surface area contributed by atoms with E-state index in [-0.39, 0.29) is 0 Å². The molecule has 17 heavy (non-hydrogen) atoms. The maximum absolute atomic E-state index is 6.05. The van der Waals surface area contributed by atoms with Crippen LogP contribution in [0.4, 0.5) is 5.82 Å². The number of thioether (sulfide) groups is 1. The normalized spacial score (nSPS) is 11.1. The summed E-state index contributed by atoms with van der Waals surface area (Å²) in [5, 5.41) is 0.703. The first kappa shape index (κ1) is 14.6. The molecule has 3 nitrogen and oxygen atoms in total. The third-order valence-corrected chi connectivity index (χ3v) is 3.92. The van der Waals surface area contributed by atoms with Crippen LogP contribution < -0.4 is 5.73 Å². The summed E-state index contributed by atoms with van der Waals surface area (Å²) < 4.78 is 0. The van der Waals surface area contributed by atoms with E-state index in [0.717, 1.165) is 36.8 Å². The molecule has 1 aromatic rings. The van der Waals surface area contributed by atoms with Crippen LogP contribution in [0.1, 0.15) is 19.5 Å². The lowest BCUT2D eigenvalue weighted by Gasteiger charge is -2.17. The molecular weight excluding hydrogens is 254 g/mol. The average Bonchev–Trinajstić information content (AvgIpc) is 2.33. The minimum Gasteiger partial charge on any atom is -0.384 e. The van der Waals surface area contributed by atoms with E-state index >= 15 is 0 Å². The number of nitrogen functional groups attached to an aromatic ring is 1. The average molecular weight is 274 g/mol. The molecule has 1 heterocycles. The highest BCUT2D eigenvalue weighted by Crippen LogP contribution is 2.20. The Morgan fingerprint density at radius 3 is 2.71 bits per heavy atom. The van der Waals surface area contributed by atoms with Gasteiger partial charge in [-0.05, 0) is 25.2 Å². The van der Waals surface area contributed by atoms with Crippen molar-refractivity contribution in [1.82, 2.24) is 9.88 Å². The Bertz CT molecular complexity index is 343. The van der Waals surface area contributed by atoms with Crippen LogP contribution in [0.2, 0.25) is 5.02 Å². The second-order valence-corrected chi connectivity index (χ2v) is 5.26. The van der Waals surface area contributed by atoms with Gasteiger partial charge in [-0.2, -0.15) is 11.8 Å². The molecule has 0 bridgehead atoms. The van der Waals surface area contributed by atoms with Crippen molar-refractivity contribution >= 4 is 29.2 Å². The van der Waals surface area contributed by atoms with E-state index < -0.39 is 0 Å². The third kappa shape index (κ3) is 5.15. The highest BCUT2D eigenvalue weighted by atomic mass is 35.5. The summed E-state index contributed by atoms with van der Waals surface area (Å²) in [7, 11) is 0. The molecule has 0 atom stereocenters. The molecule has 0 amide bonds. The minimum atomic E-state index is 0.536. The molecule has 0 aliphatic rings. The maximum atomic E-state index is 6.05. The van der Waals surface area contributed by atoms with Gasteiger partial charge in [-0.15, -0.1) is 0 Å². The SMILES string of the molecule is CCN(CC)CCSCc1nc(N)ccc1Cl. The van der Waals surface area contributed by atoms with Crippen molar-refractivity contribution in [2.75, 3.05) is 31.1 Å². The first-order chi connectivity index (χ1) is 8.17. The van der Waals surface area contributed by atoms with Crippen molar-refractivity contribution in [3.05, 3.63) is 22.8 Å². The Hall–Kier alpha value is -0.450. The van der Waals surface area contributed by atoms with Gasteiger partial charge in [0.2, 0.25) is 0 Å². The second-order valence-electron chi connectivity index (χ2n) is 3.74. The van der Waals surface area contributed by atoms with E-state index in [9.17, 15) is 0 Å². The topological polar surface area (TPSA) is 42.2 Å². The van der Waals surface area contributed by atoms with E-state index in [1.165, 1.54) is 0 Å². The molecule has 0 aromatic carbocycles. The fourth-order valence-corrected chi connectivity index (χ4v) is 2.70. The Balaban J connectivity index is 2.33. The molecule has 96 valence electrons. The summed E-state index contributed by atoms with van der Waals surface area (Å²) in [5.41, 5.74) is 6.52. The van der Waals surface area contributed by atoms with Gasteiger partial charge in [-0.3, -0.25) is 0 Å². The molecule has 1 rings (SSSR count). The van der Waals surface area contributed by atoms with Crippen molar-refractivity contribution in [3.8, 4) is 0 Å². The number of aromatic nitrogens is 1. The molecule has 0 aliphatic carbocycles. The van der Waals surface area contributed by atoms with E-state index in [1.54, 1.807) is 6.07 Å². The van der Waals surface area contributed by atoms with Crippen LogP contribution in [-0.2, 0) is 5.75 Å². The first-order valence-corrected chi connectivity index (χ1v) is 7.41. The third-order valence-electron chi connectivity index (χ3n) is 2.63. The number of anilines is 1. The van der Waals surface area contributed by atoms with Gasteiger partial charge in [0, 0.05) is 18.1 Å². The number of hydrogen-bond donors (Lipinski definition) is 1. The van der Waals surface area contributed by atoms with Crippen LogP contribution in [-0.4, -0.2) is 35.3 Å². The van der Waals surface area contributed by atoms with Crippen molar-refractivity contribution in [2.24, 2.45) is 0 Å². The maximum Gasteiger partial charge on any atom is 0.123 e. The zero-order valence-corrected chi connectivity index (χ0v) is 12.0. The fourth-order valence-electron chi connectivity index (χ4n) is 1.50. The van der Waals surface area contributed by atoms with E-state index in [4.69, 9.17) is 17.3 Å². The standard InChI is InChI=1S/C12H20ClN3S/c1-3-16(4-2)7-8-17-9-11-10(13)5-6-12(14)15-11/h5-6H,3-4,7-9H2,1-2H3,(H2,14,15). The lowest BCUT2D eigenvalue weighted by molar-refractivity contribution is 0.324. The largest absolute Gasteiger partial charge is 0.384 e. The molecule has 0 saturated carbocycles. The van der Waals surface area contributed by atoms with E-state index in [2.05, 4.69) is 23.7 Å². The van der Waals surface area contributed by atoms with Gasteiger partial charge in [-0.25, -0.2) is 4.98 Å². The summed E-state index contributed by atoms with van der Waals surface area (Å²) in [6, 6.07) is 3.54. The predicted octanol–water partition coefficient (Wildman–Crippen LogP) is 2.89. The number of nitrogens with zero attached hydrogens (tertiary/aromatic N) is 2. The molecule has 0 radical (unpaired) electrons. The van der Waals surface area contributed by atoms with Crippen molar-refractivity contribution in [1.29, 1.82) is 0 Å². The van der Waals surface area contributed by atoms with Crippen LogP contribution in [0.15, 0.2) is 12.1 Å². The van der Waals surface area contributed by atoms with Crippen LogP contribution in [0.5, 0.6) is 0 Å². The summed E-state index contributed by atoms with van der Waals surface area (Å²) in [6.07, 6.45) is 0. The van der Waals surface area contributed by atoms with Crippen LogP contribution in [0.3, 0.4) is 0 Å². The van der Waals surface area contributed by atoms with Gasteiger partial charge < -0.3 is 10.6 Å². The van der Waals surface area contributed by atoms with Crippen molar-refractivity contribution in [3.63, 3.8) is 0 Å². The van der Waals surface area contributed by atoms with Gasteiger partial charge in [0.1, 0.15) is 5.82 Å². The Kier molecular flexibility index (Phi) is 6.70. The fraction of sp³-hybridized carbons (Fsp3) is 0.583. The Labute approximate surface area is 113 Å². The van der Waals surface area contributed by atoms with Crippen molar-refractivity contribution < 1.29 is 0 Å². The molecular formula is C12H20ClN3S. The molecule has 0 unspecified atom stereocenters. The van der Waals surface area contributed by atoms with Gasteiger partial charge in [0.25, 0.3) is 0 Å². The number of nitrogens with two attached hydrogens (primary N) is 1. The number of hydrogen-bond acceptors (Lipinski definition) is 4. The zero-order chi connectivity index (χ0) is 12.7. The number of pyridine rings is 1. The number of halogens is 1.